The number of fused-ring (bicyclic) bond motifs is 1. The summed E-state index contributed by atoms with van der Waals surface area (Å²) in [4.78, 5) is 24.6. The topological polar surface area (TPSA) is 93.4 Å². The maximum Gasteiger partial charge on any atom is 0.273 e. The van der Waals surface area contributed by atoms with Crippen molar-refractivity contribution in [3.63, 3.8) is 0 Å². The van der Waals surface area contributed by atoms with E-state index in [1.54, 1.807) is 6.92 Å². The largest absolute Gasteiger partial charge is 0.466 e. The van der Waals surface area contributed by atoms with Gasteiger partial charge < -0.3 is 14.6 Å². The number of halogens is 2. The minimum atomic E-state index is -2.57. The predicted molar refractivity (Wildman–Crippen MR) is 121 cm³/mol. The van der Waals surface area contributed by atoms with Crippen LogP contribution in [0.1, 0.15) is 67.2 Å². The van der Waals surface area contributed by atoms with Crippen LogP contribution in [0.15, 0.2) is 4.52 Å². The molecule has 2 fully saturated rings. The van der Waals surface area contributed by atoms with Crippen LogP contribution in [0, 0.1) is 12.8 Å². The number of ether oxygens (including phenoxy) is 1. The van der Waals surface area contributed by atoms with Crippen molar-refractivity contribution >= 4 is 17.2 Å². The van der Waals surface area contributed by atoms with E-state index < -0.39 is 12.0 Å². The molecule has 0 bridgehead atoms. The molecule has 3 aliphatic rings. The van der Waals surface area contributed by atoms with Crippen LogP contribution >= 0.6 is 11.3 Å². The maximum absolute atomic E-state index is 13.0. The van der Waals surface area contributed by atoms with Gasteiger partial charge in [-0.1, -0.05) is 16.5 Å². The first kappa shape index (κ1) is 23.6. The molecular formula is C23H31F2N5O3S. The predicted octanol–water partition coefficient (Wildman–Crippen LogP) is 3.68. The lowest BCUT2D eigenvalue weighted by atomic mass is 9.84. The highest BCUT2D eigenvalue weighted by molar-refractivity contribution is 7.13. The summed E-state index contributed by atoms with van der Waals surface area (Å²) >= 11 is 1.52. The average Bonchev–Trinajstić information content (AvgIpc) is 3.36. The number of carbonyl (C=O) groups is 1. The number of hydrogen-bond acceptors (Lipinski definition) is 8. The molecule has 1 amide bonds. The molecule has 2 aliphatic carbocycles. The number of nitrogens with zero attached hydrogens (tertiary/aromatic N) is 4. The van der Waals surface area contributed by atoms with Gasteiger partial charge in [0.1, 0.15) is 6.10 Å². The molecule has 5 rings (SSSR count). The van der Waals surface area contributed by atoms with E-state index in [2.05, 4.69) is 25.3 Å². The monoisotopic (exact) mass is 495 g/mol. The van der Waals surface area contributed by atoms with Crippen LogP contribution in [0.2, 0.25) is 0 Å². The molecule has 0 radical (unpaired) electrons. The summed E-state index contributed by atoms with van der Waals surface area (Å²) in [5.74, 6) is -1.05. The fraction of sp³-hybridized carbons (Fsp3) is 0.739. The first-order chi connectivity index (χ1) is 16.3. The molecule has 2 aromatic heterocycles. The SMILES string of the molecule is Cc1nc(CC(=O)N[C@H]2CC[C@H](CCN3CCc4sc(OC5CC(F)(F)C5)nc4C3)CC2)no1. The van der Waals surface area contributed by atoms with Crippen molar-refractivity contribution in [2.45, 2.75) is 89.3 Å². The maximum atomic E-state index is 13.0. The number of hydrogen-bond donors (Lipinski definition) is 1. The minimum absolute atomic E-state index is 0.0500. The number of aryl methyl sites for hydroxylation is 1. The first-order valence-corrected chi connectivity index (χ1v) is 13.0. The van der Waals surface area contributed by atoms with E-state index in [-0.39, 0.29) is 31.2 Å². The number of rotatable bonds is 8. The molecule has 0 aromatic carbocycles. The van der Waals surface area contributed by atoms with Crippen molar-refractivity contribution < 1.29 is 22.8 Å². The van der Waals surface area contributed by atoms with Crippen LogP contribution in [0.3, 0.4) is 0 Å². The standard InChI is InChI=1S/C23H31F2N5O3S/c1-14-26-20(29-33-14)10-21(31)27-16-4-2-15(3-5-16)6-8-30-9-7-19-18(13-30)28-22(34-19)32-17-11-23(24,25)12-17/h15-17H,2-13H2,1H3,(H,27,31)/t15-,16-. The third kappa shape index (κ3) is 5.91. The van der Waals surface area contributed by atoms with E-state index in [0.717, 1.165) is 63.9 Å². The molecule has 2 aromatic rings. The second-order valence-corrected chi connectivity index (χ2v) is 10.9. The Morgan fingerprint density at radius 1 is 1.26 bits per heavy atom. The van der Waals surface area contributed by atoms with Gasteiger partial charge in [-0.25, -0.2) is 13.8 Å². The molecule has 11 heteroatoms. The molecule has 0 atom stereocenters. The van der Waals surface area contributed by atoms with Gasteiger partial charge in [0.15, 0.2) is 5.82 Å². The second kappa shape index (κ2) is 9.85. The Kier molecular flexibility index (Phi) is 6.83. The van der Waals surface area contributed by atoms with Gasteiger partial charge in [-0.05, 0) is 51.0 Å². The summed E-state index contributed by atoms with van der Waals surface area (Å²) in [6.07, 6.45) is 5.67. The van der Waals surface area contributed by atoms with Gasteiger partial charge in [0.05, 0.1) is 12.1 Å². The number of thiazole rings is 1. The fourth-order valence-corrected chi connectivity index (χ4v) is 6.07. The Labute approximate surface area is 201 Å². The van der Waals surface area contributed by atoms with E-state index in [1.165, 1.54) is 16.2 Å². The summed E-state index contributed by atoms with van der Waals surface area (Å²) in [5, 5.41) is 7.43. The first-order valence-electron chi connectivity index (χ1n) is 12.2. The molecule has 2 saturated carbocycles. The molecule has 1 aliphatic heterocycles. The summed E-state index contributed by atoms with van der Waals surface area (Å²) in [6.45, 7) is 4.54. The van der Waals surface area contributed by atoms with Gasteiger partial charge in [-0.15, -0.1) is 0 Å². The smallest absolute Gasteiger partial charge is 0.273 e. The Morgan fingerprint density at radius 3 is 2.76 bits per heavy atom. The Balaban J connectivity index is 1.00. The van der Waals surface area contributed by atoms with E-state index in [1.807, 2.05) is 0 Å². The number of aromatic nitrogens is 3. The van der Waals surface area contributed by atoms with Gasteiger partial charge in [0, 0.05) is 43.8 Å². The Morgan fingerprint density at radius 2 is 2.06 bits per heavy atom. The number of nitrogens with one attached hydrogen (secondary N) is 1. The van der Waals surface area contributed by atoms with E-state index >= 15 is 0 Å². The third-order valence-corrected chi connectivity index (χ3v) is 8.11. The molecule has 1 N–H and O–H groups in total. The van der Waals surface area contributed by atoms with Crippen molar-refractivity contribution in [2.24, 2.45) is 5.92 Å². The zero-order valence-electron chi connectivity index (χ0n) is 19.4. The van der Waals surface area contributed by atoms with Crippen molar-refractivity contribution in [2.75, 3.05) is 13.1 Å². The molecule has 3 heterocycles. The highest BCUT2D eigenvalue weighted by atomic mass is 32.1. The van der Waals surface area contributed by atoms with Crippen molar-refractivity contribution in [1.82, 2.24) is 25.3 Å². The summed E-state index contributed by atoms with van der Waals surface area (Å²) in [6, 6.07) is 0.221. The molecular weight excluding hydrogens is 464 g/mol. The van der Waals surface area contributed by atoms with Crippen LogP contribution in [0.5, 0.6) is 5.19 Å². The quantitative estimate of drug-likeness (QED) is 0.597. The highest BCUT2D eigenvalue weighted by Gasteiger charge is 2.47. The molecule has 0 saturated heterocycles. The van der Waals surface area contributed by atoms with Gasteiger partial charge in [-0.2, -0.15) is 4.98 Å². The van der Waals surface area contributed by atoms with Crippen LogP contribution in [0.4, 0.5) is 8.78 Å². The van der Waals surface area contributed by atoms with Gasteiger partial charge in [-0.3, -0.25) is 9.69 Å². The second-order valence-electron chi connectivity index (χ2n) is 9.86. The number of amides is 1. The van der Waals surface area contributed by atoms with Crippen LogP contribution in [-0.4, -0.2) is 57.1 Å². The summed E-state index contributed by atoms with van der Waals surface area (Å²) < 4.78 is 36.7. The summed E-state index contributed by atoms with van der Waals surface area (Å²) in [7, 11) is 0. The molecule has 0 unspecified atom stereocenters. The lowest BCUT2D eigenvalue weighted by molar-refractivity contribution is -0.134. The van der Waals surface area contributed by atoms with E-state index in [0.29, 0.717) is 22.8 Å². The average molecular weight is 496 g/mol. The molecule has 0 spiro atoms. The Bertz CT molecular complexity index is 997. The van der Waals surface area contributed by atoms with Gasteiger partial charge in [0.2, 0.25) is 11.8 Å². The minimum Gasteiger partial charge on any atom is -0.466 e. The lowest BCUT2D eigenvalue weighted by Crippen LogP contribution is -2.43. The molecule has 34 heavy (non-hydrogen) atoms. The fourth-order valence-electron chi connectivity index (χ4n) is 5.10. The lowest BCUT2D eigenvalue weighted by Gasteiger charge is -2.33. The highest BCUT2D eigenvalue weighted by Crippen LogP contribution is 2.41. The van der Waals surface area contributed by atoms with Crippen molar-refractivity contribution in [3.8, 4) is 5.19 Å². The van der Waals surface area contributed by atoms with E-state index in [4.69, 9.17) is 9.26 Å². The number of alkyl halides is 2. The number of carbonyl (C=O) groups excluding carboxylic acids is 1. The zero-order chi connectivity index (χ0) is 23.7. The van der Waals surface area contributed by atoms with Crippen LogP contribution < -0.4 is 10.1 Å². The third-order valence-electron chi connectivity index (χ3n) is 7.06. The van der Waals surface area contributed by atoms with Gasteiger partial charge >= 0.3 is 0 Å². The normalized spacial score (nSPS) is 24.9. The summed E-state index contributed by atoms with van der Waals surface area (Å²) in [5.41, 5.74) is 1.04. The van der Waals surface area contributed by atoms with Crippen molar-refractivity contribution in [3.05, 3.63) is 22.3 Å². The van der Waals surface area contributed by atoms with E-state index in [9.17, 15) is 13.6 Å². The van der Waals surface area contributed by atoms with Gasteiger partial charge in [0.25, 0.3) is 11.1 Å². The molecule has 8 nitrogen and oxygen atoms in total. The zero-order valence-corrected chi connectivity index (χ0v) is 20.2. The van der Waals surface area contributed by atoms with Crippen LogP contribution in [-0.2, 0) is 24.2 Å². The molecule has 186 valence electrons. The Hall–Kier alpha value is -2.14. The van der Waals surface area contributed by atoms with Crippen LogP contribution in [0.25, 0.3) is 0 Å². The van der Waals surface area contributed by atoms with Crippen molar-refractivity contribution in [1.29, 1.82) is 0 Å².